The molecule has 0 aliphatic carbocycles. The van der Waals surface area contributed by atoms with Crippen LogP contribution in [0.1, 0.15) is 52.8 Å². The Kier molecular flexibility index (Phi) is 10.9. The van der Waals surface area contributed by atoms with Crippen LogP contribution in [0.15, 0.2) is 60.9 Å². The molecule has 1 aromatic heterocycles. The summed E-state index contributed by atoms with van der Waals surface area (Å²) in [4.78, 5) is 80.0. The lowest BCUT2D eigenvalue weighted by Gasteiger charge is -2.58. The molecule has 7 heterocycles. The van der Waals surface area contributed by atoms with E-state index in [0.29, 0.717) is 52.0 Å². The lowest BCUT2D eigenvalue weighted by atomic mass is 9.85. The van der Waals surface area contributed by atoms with E-state index in [1.807, 2.05) is 11.0 Å². The minimum Gasteiger partial charge on any atom is -0.494 e. The summed E-state index contributed by atoms with van der Waals surface area (Å²) in [5.74, 6) is -2.60. The summed E-state index contributed by atoms with van der Waals surface area (Å²) in [6.45, 7) is 4.85. The van der Waals surface area contributed by atoms with Gasteiger partial charge in [0.2, 0.25) is 17.7 Å². The molecule has 3 atom stereocenters. The van der Waals surface area contributed by atoms with Crippen LogP contribution < -0.4 is 25.6 Å². The summed E-state index contributed by atoms with van der Waals surface area (Å²) in [5.41, 5.74) is 1.85. The molecule has 0 saturated carbocycles. The first-order valence-corrected chi connectivity index (χ1v) is 20.6. The van der Waals surface area contributed by atoms with Crippen LogP contribution >= 0.6 is 11.6 Å². The van der Waals surface area contributed by atoms with Crippen molar-refractivity contribution in [3.63, 3.8) is 0 Å². The van der Waals surface area contributed by atoms with E-state index in [0.717, 1.165) is 63.0 Å². The van der Waals surface area contributed by atoms with Crippen molar-refractivity contribution in [1.29, 1.82) is 0 Å². The number of hydrogen-bond donors (Lipinski definition) is 3. The number of ether oxygens (including phenoxy) is 1. The van der Waals surface area contributed by atoms with Crippen LogP contribution in [0.2, 0.25) is 5.02 Å². The van der Waals surface area contributed by atoms with E-state index in [1.165, 1.54) is 37.7 Å². The number of carbonyl (C=O) groups excluding carboxylic acids is 5. The van der Waals surface area contributed by atoms with Crippen LogP contribution in [0.5, 0.6) is 5.75 Å². The van der Waals surface area contributed by atoms with Gasteiger partial charge < -0.3 is 20.3 Å². The van der Waals surface area contributed by atoms with Gasteiger partial charge in [-0.25, -0.2) is 18.7 Å². The molecule has 3 unspecified atom stereocenters. The number of piperidine rings is 3. The predicted molar refractivity (Wildman–Crippen MR) is 222 cm³/mol. The third-order valence-electron chi connectivity index (χ3n) is 12.3. The van der Waals surface area contributed by atoms with Crippen molar-refractivity contribution < 1.29 is 37.5 Å². The second-order valence-electron chi connectivity index (χ2n) is 16.1. The molecule has 61 heavy (non-hydrogen) atoms. The fraction of sp³-hybridized carbons (Fsp3) is 0.372. The molecule has 316 valence electrons. The van der Waals surface area contributed by atoms with Gasteiger partial charge in [-0.05, 0) is 81.1 Å². The van der Waals surface area contributed by atoms with Crippen molar-refractivity contribution >= 4 is 74.9 Å². The molecule has 6 aliphatic heterocycles. The number of imide groups is 2. The molecule has 5 fully saturated rings. The monoisotopic (exact) mass is 853 g/mol. The predicted octanol–water partition coefficient (Wildman–Crippen LogP) is 4.88. The third kappa shape index (κ3) is 7.88. The number of rotatable bonds is 11. The fourth-order valence-corrected chi connectivity index (χ4v) is 9.46. The smallest absolute Gasteiger partial charge is 0.262 e. The number of halogens is 3. The zero-order chi connectivity index (χ0) is 42.5. The van der Waals surface area contributed by atoms with E-state index in [4.69, 9.17) is 16.3 Å². The molecular formula is C43H42ClF2N9O6. The molecule has 5 amide bonds. The lowest BCUT2D eigenvalue weighted by molar-refractivity contribution is -0.136. The second kappa shape index (κ2) is 16.4. The molecule has 18 heteroatoms. The molecular weight excluding hydrogens is 812 g/mol. The number of carbonyl (C=O) groups is 5. The molecule has 2 bridgehead atoms. The van der Waals surface area contributed by atoms with E-state index in [-0.39, 0.29) is 47.0 Å². The van der Waals surface area contributed by atoms with Crippen LogP contribution in [0.3, 0.4) is 0 Å². The highest BCUT2D eigenvalue weighted by Crippen LogP contribution is 2.42. The highest BCUT2D eigenvalue weighted by molar-refractivity contribution is 6.31. The van der Waals surface area contributed by atoms with Crippen molar-refractivity contribution in [1.82, 2.24) is 30.0 Å². The Hall–Kier alpha value is -6.04. The van der Waals surface area contributed by atoms with Gasteiger partial charge in [0.15, 0.2) is 0 Å². The lowest BCUT2D eigenvalue weighted by Crippen LogP contribution is -2.69. The number of likely N-dealkylation sites (tertiary alicyclic amines) is 1. The normalized spacial score (nSPS) is 22.1. The Morgan fingerprint density at radius 3 is 2.43 bits per heavy atom. The molecule has 0 radical (unpaired) electrons. The number of amides is 5. The van der Waals surface area contributed by atoms with Crippen LogP contribution in [0, 0.1) is 17.6 Å². The molecule has 5 saturated heterocycles. The van der Waals surface area contributed by atoms with Crippen LogP contribution in [-0.2, 0) is 14.4 Å². The van der Waals surface area contributed by atoms with Gasteiger partial charge in [-0.2, -0.15) is 0 Å². The average molecular weight is 854 g/mol. The maximum atomic E-state index is 15.6. The van der Waals surface area contributed by atoms with Crippen LogP contribution in [0.25, 0.3) is 10.9 Å². The SMILES string of the molecule is COc1cc2ncnc(Nc3ccc(F)c(Cl)c3)c2cc1NC(=O)/C=C/CN1CCC(CN2CC3CC(C2)N3c2cc3c(cc2F)C(=O)N(C2CCC(=O)NC2=O)C3=O)CC1. The third-order valence-corrected chi connectivity index (χ3v) is 12.6. The minimum atomic E-state index is -1.11. The van der Waals surface area contributed by atoms with Crippen molar-refractivity contribution in [2.75, 3.05) is 61.9 Å². The zero-order valence-electron chi connectivity index (χ0n) is 33.1. The average Bonchev–Trinajstić information content (AvgIpc) is 3.47. The molecule has 15 nitrogen and oxygen atoms in total. The first-order chi connectivity index (χ1) is 29.4. The van der Waals surface area contributed by atoms with Crippen molar-refractivity contribution in [3.05, 3.63) is 88.7 Å². The molecule has 3 N–H and O–H groups in total. The number of piperazine rings is 1. The second-order valence-corrected chi connectivity index (χ2v) is 16.6. The van der Waals surface area contributed by atoms with Crippen molar-refractivity contribution in [2.45, 2.75) is 50.2 Å². The first-order valence-electron chi connectivity index (χ1n) is 20.2. The highest BCUT2D eigenvalue weighted by Gasteiger charge is 2.49. The highest BCUT2D eigenvalue weighted by atomic mass is 35.5. The van der Waals surface area contributed by atoms with Crippen LogP contribution in [0.4, 0.5) is 31.7 Å². The van der Waals surface area contributed by atoms with E-state index in [1.54, 1.807) is 18.2 Å². The van der Waals surface area contributed by atoms with Crippen LogP contribution in [-0.4, -0.2) is 119 Å². The van der Waals surface area contributed by atoms with Gasteiger partial charge in [-0.3, -0.25) is 44.0 Å². The number of methoxy groups -OCH3 is 1. The zero-order valence-corrected chi connectivity index (χ0v) is 33.9. The topological polar surface area (TPSA) is 169 Å². The summed E-state index contributed by atoms with van der Waals surface area (Å²) in [6.07, 6.45) is 7.71. The fourth-order valence-electron chi connectivity index (χ4n) is 9.28. The standard InChI is InChI=1S/C43H42ClF2N9O6/c1-61-37-18-33-29(40(48-22-47-33)49-24-4-5-31(45)30(44)13-24)16-34(37)50-38(56)3-2-10-52-11-8-23(9-12-52)19-53-20-25-14-26(21-53)54(25)36-17-28-27(15-32(36)46)42(59)55(43(28)60)35-6-7-39(57)51-41(35)58/h2-5,13,15-18,22-23,25-26,35H,6-12,14,19-21H2,1H3,(H,50,56)(H,47,48,49)(H,51,57,58)/b3-2+. The Morgan fingerprint density at radius 2 is 1.70 bits per heavy atom. The molecule has 3 aromatic carbocycles. The number of anilines is 4. The quantitative estimate of drug-likeness (QED) is 0.138. The van der Waals surface area contributed by atoms with Gasteiger partial charge in [0.05, 0.1) is 40.2 Å². The number of aromatic nitrogens is 2. The summed E-state index contributed by atoms with van der Waals surface area (Å²) in [5, 5.41) is 8.80. The van der Waals surface area contributed by atoms with E-state index >= 15 is 4.39 Å². The summed E-state index contributed by atoms with van der Waals surface area (Å²) >= 11 is 5.96. The van der Waals surface area contributed by atoms with Crippen molar-refractivity contribution in [2.24, 2.45) is 5.92 Å². The Balaban J connectivity index is 0.754. The molecule has 4 aromatic rings. The summed E-state index contributed by atoms with van der Waals surface area (Å²) in [7, 11) is 1.51. The largest absolute Gasteiger partial charge is 0.494 e. The van der Waals surface area contributed by atoms with Gasteiger partial charge >= 0.3 is 0 Å². The summed E-state index contributed by atoms with van der Waals surface area (Å²) in [6, 6.07) is 9.29. The van der Waals surface area contributed by atoms with Gasteiger partial charge in [0.25, 0.3) is 11.8 Å². The Morgan fingerprint density at radius 1 is 0.951 bits per heavy atom. The minimum absolute atomic E-state index is 0.0108. The number of hydrogen-bond acceptors (Lipinski definition) is 12. The number of nitrogens with one attached hydrogen (secondary N) is 3. The van der Waals surface area contributed by atoms with Gasteiger partial charge in [-0.1, -0.05) is 17.7 Å². The van der Waals surface area contributed by atoms with Gasteiger partial charge in [0.1, 0.15) is 35.6 Å². The molecule has 6 aliphatic rings. The van der Waals surface area contributed by atoms with E-state index < -0.39 is 41.3 Å². The van der Waals surface area contributed by atoms with Gasteiger partial charge in [-0.15, -0.1) is 0 Å². The Labute approximate surface area is 354 Å². The van der Waals surface area contributed by atoms with E-state index in [9.17, 15) is 28.4 Å². The molecule has 10 rings (SSSR count). The number of benzene rings is 3. The molecule has 0 spiro atoms. The number of nitrogens with zero attached hydrogens (tertiary/aromatic N) is 6. The van der Waals surface area contributed by atoms with Crippen molar-refractivity contribution in [3.8, 4) is 5.75 Å². The van der Waals surface area contributed by atoms with E-state index in [2.05, 4.69) is 35.7 Å². The van der Waals surface area contributed by atoms with Gasteiger partial charge in [0, 0.05) is 67.9 Å². The number of fused-ring (bicyclic) bond motifs is 4. The maximum absolute atomic E-state index is 15.6. The summed E-state index contributed by atoms with van der Waals surface area (Å²) < 4.78 is 34.9. The Bertz CT molecular complexity index is 2500. The maximum Gasteiger partial charge on any atom is 0.262 e. The first kappa shape index (κ1) is 40.4.